The number of rotatable bonds is 4. The second-order valence-corrected chi connectivity index (χ2v) is 7.59. The normalized spacial score (nSPS) is 17.3. The first kappa shape index (κ1) is 17.9. The summed E-state index contributed by atoms with van der Waals surface area (Å²) in [6.07, 6.45) is 4.67. The molecule has 1 fully saturated rings. The fraction of sp³-hybridized carbons (Fsp3) is 0.350. The van der Waals surface area contributed by atoms with E-state index in [1.54, 1.807) is 12.1 Å². The maximum atomic E-state index is 13.3. The van der Waals surface area contributed by atoms with E-state index >= 15 is 0 Å². The van der Waals surface area contributed by atoms with Gasteiger partial charge in [0.05, 0.1) is 5.39 Å². The first-order chi connectivity index (χ1) is 13.1. The summed E-state index contributed by atoms with van der Waals surface area (Å²) in [5, 5.41) is 2.71. The molecule has 0 N–H and O–H groups in total. The van der Waals surface area contributed by atoms with Crippen LogP contribution in [0.3, 0.4) is 0 Å². The fourth-order valence-electron chi connectivity index (χ4n) is 3.48. The minimum absolute atomic E-state index is 0.0208. The number of carbonyl (C=O) groups is 1. The van der Waals surface area contributed by atoms with Crippen molar-refractivity contribution in [1.82, 2.24) is 14.9 Å². The zero-order valence-electron chi connectivity index (χ0n) is 15.0. The minimum Gasteiger partial charge on any atom is -0.467 e. The largest absolute Gasteiger partial charge is 0.467 e. The molecule has 0 saturated carbocycles. The molecule has 140 valence electrons. The van der Waals surface area contributed by atoms with Crippen LogP contribution in [0.15, 0.2) is 36.0 Å². The van der Waals surface area contributed by atoms with E-state index in [9.17, 15) is 9.18 Å². The molecule has 0 unspecified atom stereocenters. The van der Waals surface area contributed by atoms with Gasteiger partial charge in [-0.25, -0.2) is 14.4 Å². The predicted octanol–water partition coefficient (Wildman–Crippen LogP) is 4.28. The molecule has 4 rings (SSSR count). The Hall–Kier alpha value is -2.54. The number of nitrogens with zero attached hydrogens (tertiary/aromatic N) is 3. The second-order valence-electron chi connectivity index (χ2n) is 6.74. The summed E-state index contributed by atoms with van der Waals surface area (Å²) in [6.45, 7) is 2.81. The third-order valence-corrected chi connectivity index (χ3v) is 5.83. The third kappa shape index (κ3) is 3.64. The van der Waals surface area contributed by atoms with Crippen LogP contribution >= 0.6 is 11.3 Å². The Bertz CT molecular complexity index is 958. The van der Waals surface area contributed by atoms with E-state index in [2.05, 4.69) is 16.9 Å². The molecule has 0 spiro atoms. The zero-order chi connectivity index (χ0) is 18.8. The van der Waals surface area contributed by atoms with Crippen LogP contribution in [0.4, 0.5) is 4.39 Å². The molecule has 0 radical (unpaired) electrons. The molecule has 7 heteroatoms. The highest BCUT2D eigenvalue weighted by atomic mass is 32.1. The Labute approximate surface area is 160 Å². The molecule has 0 bridgehead atoms. The SMILES string of the molecule is C[C@H]1CCCCN1C(=O)COc1ncnc2scc(-c3ccc(F)cc3)c12. The van der Waals surface area contributed by atoms with Crippen LogP contribution in [0.1, 0.15) is 26.2 Å². The molecule has 1 atom stereocenters. The van der Waals surface area contributed by atoms with Gasteiger partial charge in [-0.15, -0.1) is 11.3 Å². The Balaban J connectivity index is 1.59. The number of likely N-dealkylation sites (tertiary alicyclic amines) is 1. The van der Waals surface area contributed by atoms with Crippen molar-refractivity contribution in [3.8, 4) is 17.0 Å². The van der Waals surface area contributed by atoms with Gasteiger partial charge in [0.25, 0.3) is 5.91 Å². The molecular weight excluding hydrogens is 365 g/mol. The molecule has 1 aliphatic rings. The molecule has 1 aromatic carbocycles. The number of benzene rings is 1. The van der Waals surface area contributed by atoms with Gasteiger partial charge in [0, 0.05) is 23.5 Å². The maximum absolute atomic E-state index is 13.3. The van der Waals surface area contributed by atoms with E-state index in [-0.39, 0.29) is 24.4 Å². The summed E-state index contributed by atoms with van der Waals surface area (Å²) in [4.78, 5) is 23.8. The Kier molecular flexibility index (Phi) is 5.03. The summed E-state index contributed by atoms with van der Waals surface area (Å²) >= 11 is 1.47. The van der Waals surface area contributed by atoms with Gasteiger partial charge in [0.1, 0.15) is 17.0 Å². The molecule has 3 aromatic rings. The van der Waals surface area contributed by atoms with Crippen LogP contribution in [0.2, 0.25) is 0 Å². The number of hydrogen-bond donors (Lipinski definition) is 0. The van der Waals surface area contributed by atoms with Crippen LogP contribution in [-0.2, 0) is 4.79 Å². The highest BCUT2D eigenvalue weighted by Crippen LogP contribution is 2.37. The Morgan fingerprint density at radius 3 is 2.89 bits per heavy atom. The third-order valence-electron chi connectivity index (χ3n) is 4.95. The number of hydrogen-bond acceptors (Lipinski definition) is 5. The fourth-order valence-corrected chi connectivity index (χ4v) is 4.39. The summed E-state index contributed by atoms with van der Waals surface area (Å²) in [5.41, 5.74) is 1.74. The number of amides is 1. The van der Waals surface area contributed by atoms with E-state index < -0.39 is 0 Å². The number of carbonyl (C=O) groups excluding carboxylic acids is 1. The molecule has 27 heavy (non-hydrogen) atoms. The van der Waals surface area contributed by atoms with Crippen molar-refractivity contribution in [2.24, 2.45) is 0 Å². The summed E-state index contributed by atoms with van der Waals surface area (Å²) in [5.74, 6) is 0.0818. The van der Waals surface area contributed by atoms with Crippen LogP contribution in [0, 0.1) is 5.82 Å². The van der Waals surface area contributed by atoms with Crippen molar-refractivity contribution in [2.75, 3.05) is 13.2 Å². The van der Waals surface area contributed by atoms with Crippen LogP contribution in [0.25, 0.3) is 21.3 Å². The van der Waals surface area contributed by atoms with Gasteiger partial charge < -0.3 is 9.64 Å². The van der Waals surface area contributed by atoms with Crippen molar-refractivity contribution in [2.45, 2.75) is 32.2 Å². The van der Waals surface area contributed by atoms with Gasteiger partial charge >= 0.3 is 0 Å². The molecule has 2 aromatic heterocycles. The number of fused-ring (bicyclic) bond motifs is 1. The van der Waals surface area contributed by atoms with Gasteiger partial charge in [-0.05, 0) is 43.9 Å². The Morgan fingerprint density at radius 2 is 2.11 bits per heavy atom. The monoisotopic (exact) mass is 385 g/mol. The van der Waals surface area contributed by atoms with Crippen LogP contribution in [-0.4, -0.2) is 40.0 Å². The van der Waals surface area contributed by atoms with E-state index in [0.29, 0.717) is 5.88 Å². The molecule has 1 amide bonds. The van der Waals surface area contributed by atoms with Crippen molar-refractivity contribution in [1.29, 1.82) is 0 Å². The first-order valence-corrected chi connectivity index (χ1v) is 9.92. The van der Waals surface area contributed by atoms with E-state index in [1.165, 1.54) is 29.8 Å². The van der Waals surface area contributed by atoms with Crippen molar-refractivity contribution in [3.05, 3.63) is 41.8 Å². The topological polar surface area (TPSA) is 55.3 Å². The van der Waals surface area contributed by atoms with Crippen molar-refractivity contribution in [3.63, 3.8) is 0 Å². The smallest absolute Gasteiger partial charge is 0.260 e. The average Bonchev–Trinajstić information content (AvgIpc) is 3.12. The number of halogens is 1. The lowest BCUT2D eigenvalue weighted by Crippen LogP contribution is -2.44. The molecule has 1 aliphatic heterocycles. The summed E-state index contributed by atoms with van der Waals surface area (Å²) in [7, 11) is 0. The number of piperidine rings is 1. The number of thiophene rings is 1. The highest BCUT2D eigenvalue weighted by Gasteiger charge is 2.24. The zero-order valence-corrected chi connectivity index (χ0v) is 15.8. The maximum Gasteiger partial charge on any atom is 0.260 e. The number of aromatic nitrogens is 2. The van der Waals surface area contributed by atoms with Crippen LogP contribution in [0.5, 0.6) is 5.88 Å². The average molecular weight is 385 g/mol. The van der Waals surface area contributed by atoms with Gasteiger partial charge in [-0.3, -0.25) is 4.79 Å². The minimum atomic E-state index is -0.285. The van der Waals surface area contributed by atoms with Crippen molar-refractivity contribution >= 4 is 27.5 Å². The molecule has 5 nitrogen and oxygen atoms in total. The van der Waals surface area contributed by atoms with Crippen LogP contribution < -0.4 is 4.74 Å². The summed E-state index contributed by atoms with van der Waals surface area (Å²) < 4.78 is 19.1. The second kappa shape index (κ2) is 7.60. The van der Waals surface area contributed by atoms with Crippen molar-refractivity contribution < 1.29 is 13.9 Å². The molecular formula is C20H20FN3O2S. The van der Waals surface area contributed by atoms with E-state index in [0.717, 1.165) is 47.2 Å². The van der Waals surface area contributed by atoms with Gasteiger partial charge in [-0.2, -0.15) is 0 Å². The lowest BCUT2D eigenvalue weighted by atomic mass is 10.0. The molecule has 3 heterocycles. The lowest BCUT2D eigenvalue weighted by Gasteiger charge is -2.33. The van der Waals surface area contributed by atoms with E-state index in [1.807, 2.05) is 10.3 Å². The molecule has 0 aliphatic carbocycles. The quantitative estimate of drug-likeness (QED) is 0.673. The summed E-state index contributed by atoms with van der Waals surface area (Å²) in [6, 6.07) is 6.52. The first-order valence-electron chi connectivity index (χ1n) is 9.04. The lowest BCUT2D eigenvalue weighted by molar-refractivity contribution is -0.136. The number of ether oxygens (including phenoxy) is 1. The standard InChI is InChI=1S/C20H20FN3O2S/c1-13-4-2-3-9-24(13)17(25)10-26-19-18-16(11-27-20(18)23-12-22-19)14-5-7-15(21)8-6-14/h5-8,11-13H,2-4,9-10H2,1H3/t13-/m0/s1. The van der Waals surface area contributed by atoms with Gasteiger partial charge in [-0.1, -0.05) is 12.1 Å². The Morgan fingerprint density at radius 1 is 1.30 bits per heavy atom. The highest BCUT2D eigenvalue weighted by molar-refractivity contribution is 7.17. The van der Waals surface area contributed by atoms with Gasteiger partial charge in [0.15, 0.2) is 6.61 Å². The van der Waals surface area contributed by atoms with E-state index in [4.69, 9.17) is 4.74 Å². The van der Waals surface area contributed by atoms with Gasteiger partial charge in [0.2, 0.25) is 5.88 Å². The predicted molar refractivity (Wildman–Crippen MR) is 103 cm³/mol. The molecule has 1 saturated heterocycles.